The van der Waals surface area contributed by atoms with Crippen LogP contribution in [0.25, 0.3) is 11.1 Å². The molecule has 1 atom stereocenters. The van der Waals surface area contributed by atoms with Crippen LogP contribution in [0.15, 0.2) is 22.9 Å². The Labute approximate surface area is 166 Å². The van der Waals surface area contributed by atoms with Crippen molar-refractivity contribution in [3.63, 3.8) is 0 Å². The molecule has 0 unspecified atom stereocenters. The average molecular weight is 383 g/mol. The van der Waals surface area contributed by atoms with Gasteiger partial charge in [0.2, 0.25) is 5.91 Å². The number of piperidine rings is 1. The number of pyridine rings is 1. The third-order valence-electron chi connectivity index (χ3n) is 6.57. The van der Waals surface area contributed by atoms with Gasteiger partial charge in [-0.05, 0) is 65.7 Å². The summed E-state index contributed by atoms with van der Waals surface area (Å²) in [6, 6.07) is 4.23. The molecule has 1 amide bonds. The maximum Gasteiger partial charge on any atom is 0.229 e. The molecular weight excluding hydrogens is 352 g/mol. The van der Waals surface area contributed by atoms with Gasteiger partial charge < -0.3 is 14.3 Å². The van der Waals surface area contributed by atoms with Crippen LogP contribution in [0.4, 0.5) is 0 Å². The number of carbonyl (C=O) groups excluding carboxylic acids is 1. The quantitative estimate of drug-likeness (QED) is 0.809. The lowest BCUT2D eigenvalue weighted by molar-refractivity contribution is -0.145. The van der Waals surface area contributed by atoms with E-state index in [1.54, 1.807) is 0 Å². The Kier molecular flexibility index (Phi) is 5.00. The topological polar surface area (TPSA) is 62.5 Å². The zero-order valence-corrected chi connectivity index (χ0v) is 17.4. The highest BCUT2D eigenvalue weighted by molar-refractivity contribution is 5.83. The molecule has 4 rings (SSSR count). The molecule has 4 heterocycles. The fourth-order valence-corrected chi connectivity index (χ4v) is 4.64. The van der Waals surface area contributed by atoms with Crippen LogP contribution in [0.1, 0.15) is 55.8 Å². The number of rotatable bonds is 3. The molecule has 0 spiro atoms. The molecule has 2 aliphatic heterocycles. The van der Waals surface area contributed by atoms with Gasteiger partial charge in [-0.3, -0.25) is 9.78 Å². The lowest BCUT2D eigenvalue weighted by atomic mass is 9.79. The SMILES string of the molecule is Cc1noc(C)c1-c1ccc([C@H]2CCCN2C(=O)C2(C)CCN(C)CC2)nc1. The van der Waals surface area contributed by atoms with Crippen molar-refractivity contribution in [2.75, 3.05) is 26.7 Å². The molecule has 2 aliphatic rings. The second-order valence-electron chi connectivity index (χ2n) is 8.69. The zero-order valence-electron chi connectivity index (χ0n) is 17.4. The summed E-state index contributed by atoms with van der Waals surface area (Å²) in [6.07, 6.45) is 5.78. The van der Waals surface area contributed by atoms with Gasteiger partial charge in [-0.15, -0.1) is 0 Å². The van der Waals surface area contributed by atoms with E-state index in [2.05, 4.69) is 41.1 Å². The van der Waals surface area contributed by atoms with Gasteiger partial charge in [-0.1, -0.05) is 18.1 Å². The number of aromatic nitrogens is 2. The molecular formula is C22H30N4O2. The number of hydrogen-bond donors (Lipinski definition) is 0. The molecule has 2 fully saturated rings. The van der Waals surface area contributed by atoms with Crippen molar-refractivity contribution >= 4 is 5.91 Å². The molecule has 6 heteroatoms. The predicted molar refractivity (Wildman–Crippen MR) is 108 cm³/mol. The van der Waals surface area contributed by atoms with E-state index >= 15 is 0 Å². The maximum atomic E-state index is 13.4. The fraction of sp³-hybridized carbons (Fsp3) is 0.591. The van der Waals surface area contributed by atoms with Crippen molar-refractivity contribution in [2.24, 2.45) is 5.41 Å². The molecule has 0 bridgehead atoms. The highest BCUT2D eigenvalue weighted by Crippen LogP contribution is 2.39. The van der Waals surface area contributed by atoms with Gasteiger partial charge in [-0.2, -0.15) is 0 Å². The van der Waals surface area contributed by atoms with Crippen LogP contribution < -0.4 is 0 Å². The van der Waals surface area contributed by atoms with E-state index in [9.17, 15) is 4.79 Å². The Balaban J connectivity index is 1.54. The second-order valence-corrected chi connectivity index (χ2v) is 8.69. The van der Waals surface area contributed by atoms with Crippen LogP contribution in [-0.2, 0) is 4.79 Å². The van der Waals surface area contributed by atoms with Crippen LogP contribution in [0, 0.1) is 19.3 Å². The molecule has 0 aliphatic carbocycles. The van der Waals surface area contributed by atoms with Gasteiger partial charge in [0.05, 0.1) is 17.4 Å². The van der Waals surface area contributed by atoms with Crippen molar-refractivity contribution in [1.29, 1.82) is 0 Å². The molecule has 150 valence electrons. The van der Waals surface area contributed by atoms with Gasteiger partial charge in [0.25, 0.3) is 0 Å². The summed E-state index contributed by atoms with van der Waals surface area (Å²) in [6.45, 7) is 8.83. The van der Waals surface area contributed by atoms with Crippen LogP contribution in [-0.4, -0.2) is 52.5 Å². The van der Waals surface area contributed by atoms with Gasteiger partial charge in [0.15, 0.2) is 0 Å². The number of amides is 1. The Morgan fingerprint density at radius 3 is 2.57 bits per heavy atom. The number of hydrogen-bond acceptors (Lipinski definition) is 5. The molecule has 0 aromatic carbocycles. The molecule has 28 heavy (non-hydrogen) atoms. The lowest BCUT2D eigenvalue weighted by Gasteiger charge is -2.40. The minimum Gasteiger partial charge on any atom is -0.361 e. The third-order valence-corrected chi connectivity index (χ3v) is 6.57. The van der Waals surface area contributed by atoms with E-state index < -0.39 is 0 Å². The summed E-state index contributed by atoms with van der Waals surface area (Å²) in [5.41, 5.74) is 3.64. The summed E-state index contributed by atoms with van der Waals surface area (Å²) in [7, 11) is 2.13. The minimum absolute atomic E-state index is 0.0858. The summed E-state index contributed by atoms with van der Waals surface area (Å²) in [5, 5.41) is 4.03. The van der Waals surface area contributed by atoms with Gasteiger partial charge in [-0.25, -0.2) is 0 Å². The largest absolute Gasteiger partial charge is 0.361 e. The molecule has 2 aromatic heterocycles. The molecule has 2 saturated heterocycles. The summed E-state index contributed by atoms with van der Waals surface area (Å²) in [5.74, 6) is 1.11. The van der Waals surface area contributed by atoms with E-state index in [-0.39, 0.29) is 11.5 Å². The molecule has 0 saturated carbocycles. The highest BCUT2D eigenvalue weighted by Gasteiger charge is 2.42. The Morgan fingerprint density at radius 1 is 1.21 bits per heavy atom. The lowest BCUT2D eigenvalue weighted by Crippen LogP contribution is -2.47. The van der Waals surface area contributed by atoms with Crippen LogP contribution in [0.2, 0.25) is 0 Å². The Bertz CT molecular complexity index is 830. The Morgan fingerprint density at radius 2 is 1.96 bits per heavy atom. The van der Waals surface area contributed by atoms with Gasteiger partial charge >= 0.3 is 0 Å². The number of likely N-dealkylation sites (tertiary alicyclic amines) is 2. The van der Waals surface area contributed by atoms with E-state index in [0.717, 1.165) is 73.6 Å². The first-order valence-electron chi connectivity index (χ1n) is 10.3. The van der Waals surface area contributed by atoms with E-state index in [0.29, 0.717) is 5.91 Å². The first kappa shape index (κ1) is 19.1. The van der Waals surface area contributed by atoms with Crippen molar-refractivity contribution < 1.29 is 9.32 Å². The predicted octanol–water partition coefficient (Wildman–Crippen LogP) is 3.75. The first-order chi connectivity index (χ1) is 13.4. The van der Waals surface area contributed by atoms with Crippen LogP contribution >= 0.6 is 0 Å². The van der Waals surface area contributed by atoms with Crippen molar-refractivity contribution in [3.8, 4) is 11.1 Å². The number of aryl methyl sites for hydroxylation is 2. The normalized spacial score (nSPS) is 22.6. The van der Waals surface area contributed by atoms with Crippen molar-refractivity contribution in [3.05, 3.63) is 35.5 Å². The Hall–Kier alpha value is -2.21. The maximum absolute atomic E-state index is 13.4. The molecule has 2 aromatic rings. The number of carbonyl (C=O) groups is 1. The summed E-state index contributed by atoms with van der Waals surface area (Å²) >= 11 is 0. The molecule has 0 radical (unpaired) electrons. The summed E-state index contributed by atoms with van der Waals surface area (Å²) in [4.78, 5) is 22.6. The highest BCUT2D eigenvalue weighted by atomic mass is 16.5. The summed E-state index contributed by atoms with van der Waals surface area (Å²) < 4.78 is 5.28. The zero-order chi connectivity index (χ0) is 19.9. The fourth-order valence-electron chi connectivity index (χ4n) is 4.64. The smallest absolute Gasteiger partial charge is 0.229 e. The minimum atomic E-state index is -0.244. The van der Waals surface area contributed by atoms with Gasteiger partial charge in [0, 0.05) is 29.3 Å². The standard InChI is InChI=1S/C22H30N4O2/c1-15-20(16(2)28-24-15)17-7-8-18(23-14-17)19-6-5-11-26(19)21(27)22(3)9-12-25(4)13-10-22/h7-8,14,19H,5-6,9-13H2,1-4H3/t19-/m1/s1. The van der Waals surface area contributed by atoms with Crippen molar-refractivity contribution in [1.82, 2.24) is 19.9 Å². The van der Waals surface area contributed by atoms with Gasteiger partial charge in [0.1, 0.15) is 5.76 Å². The molecule has 6 nitrogen and oxygen atoms in total. The van der Waals surface area contributed by atoms with Crippen molar-refractivity contribution in [2.45, 2.75) is 52.5 Å². The molecule has 0 N–H and O–H groups in total. The average Bonchev–Trinajstić information content (AvgIpc) is 3.30. The van der Waals surface area contributed by atoms with E-state index in [1.165, 1.54) is 0 Å². The van der Waals surface area contributed by atoms with E-state index in [4.69, 9.17) is 9.51 Å². The second kappa shape index (κ2) is 7.32. The third kappa shape index (κ3) is 3.34. The van der Waals surface area contributed by atoms with E-state index in [1.807, 2.05) is 20.0 Å². The number of nitrogens with zero attached hydrogens (tertiary/aromatic N) is 4. The van der Waals surface area contributed by atoms with Crippen LogP contribution in [0.5, 0.6) is 0 Å². The van der Waals surface area contributed by atoms with Crippen LogP contribution in [0.3, 0.4) is 0 Å². The monoisotopic (exact) mass is 382 g/mol. The first-order valence-corrected chi connectivity index (χ1v) is 10.3.